The van der Waals surface area contributed by atoms with Gasteiger partial charge in [0.15, 0.2) is 0 Å². The first-order chi connectivity index (χ1) is 10.7. The zero-order chi connectivity index (χ0) is 17.2. The third kappa shape index (κ3) is 3.85. The predicted octanol–water partition coefficient (Wildman–Crippen LogP) is 2.75. The average Bonchev–Trinajstić information content (AvgIpc) is 2.43. The van der Waals surface area contributed by atoms with Crippen LogP contribution in [0.3, 0.4) is 0 Å². The fraction of sp³-hybridized carbons (Fsp3) is 0.133. The number of phenols is 3. The van der Waals surface area contributed by atoms with Gasteiger partial charge in [0.2, 0.25) is 0 Å². The average molecular weight is 327 g/mol. The highest BCUT2D eigenvalue weighted by atomic mass is 19.4. The molecule has 2 aromatic rings. The van der Waals surface area contributed by atoms with Crippen LogP contribution in [0, 0.1) is 0 Å². The lowest BCUT2D eigenvalue weighted by Crippen LogP contribution is -2.23. The van der Waals surface area contributed by atoms with Gasteiger partial charge in [-0.2, -0.15) is 13.2 Å². The van der Waals surface area contributed by atoms with Gasteiger partial charge in [0, 0.05) is 18.7 Å². The van der Waals surface area contributed by atoms with Gasteiger partial charge in [0.05, 0.1) is 5.56 Å². The molecule has 0 saturated carbocycles. The zero-order valence-corrected chi connectivity index (χ0v) is 11.6. The monoisotopic (exact) mass is 327 g/mol. The molecule has 122 valence electrons. The quantitative estimate of drug-likeness (QED) is 0.698. The molecule has 0 aliphatic carbocycles. The topological polar surface area (TPSA) is 89.8 Å². The highest BCUT2D eigenvalue weighted by Gasteiger charge is 2.29. The van der Waals surface area contributed by atoms with Crippen molar-refractivity contribution in [2.24, 2.45) is 0 Å². The Labute approximate surface area is 128 Å². The van der Waals surface area contributed by atoms with Crippen LogP contribution in [0.25, 0.3) is 0 Å². The summed E-state index contributed by atoms with van der Waals surface area (Å²) in [6, 6.07) is 5.95. The molecule has 0 atom stereocenters. The van der Waals surface area contributed by atoms with Crippen molar-refractivity contribution < 1.29 is 33.3 Å². The number of nitrogens with one attached hydrogen (secondary N) is 1. The van der Waals surface area contributed by atoms with E-state index in [1.165, 1.54) is 12.1 Å². The molecule has 1 amide bonds. The van der Waals surface area contributed by atoms with Crippen LogP contribution in [0.5, 0.6) is 17.2 Å². The number of aromatic hydroxyl groups is 3. The Hall–Kier alpha value is -2.90. The number of carbonyl (C=O) groups is 1. The van der Waals surface area contributed by atoms with Gasteiger partial charge in [0.25, 0.3) is 5.91 Å². The van der Waals surface area contributed by atoms with Crippen LogP contribution in [0.4, 0.5) is 13.2 Å². The third-order valence-corrected chi connectivity index (χ3v) is 3.04. The maximum atomic E-state index is 12.4. The van der Waals surface area contributed by atoms with E-state index in [1.54, 1.807) is 0 Å². The molecule has 0 unspecified atom stereocenters. The summed E-state index contributed by atoms with van der Waals surface area (Å²) in [5.74, 6) is -2.49. The Morgan fingerprint density at radius 3 is 2.00 bits per heavy atom. The van der Waals surface area contributed by atoms with Crippen LogP contribution >= 0.6 is 0 Å². The summed E-state index contributed by atoms with van der Waals surface area (Å²) >= 11 is 0. The fourth-order valence-corrected chi connectivity index (χ4v) is 1.91. The number of halogens is 3. The molecule has 0 fully saturated rings. The largest absolute Gasteiger partial charge is 0.508 e. The van der Waals surface area contributed by atoms with E-state index in [9.17, 15) is 28.2 Å². The van der Waals surface area contributed by atoms with Crippen LogP contribution in [-0.2, 0) is 12.7 Å². The molecule has 0 aliphatic rings. The summed E-state index contributed by atoms with van der Waals surface area (Å²) in [5, 5.41) is 30.6. The molecule has 4 N–H and O–H groups in total. The molecule has 0 spiro atoms. The second-order valence-electron chi connectivity index (χ2n) is 4.74. The number of carbonyl (C=O) groups excluding carboxylic acids is 1. The van der Waals surface area contributed by atoms with Crippen molar-refractivity contribution in [2.75, 3.05) is 0 Å². The van der Waals surface area contributed by atoms with Crippen LogP contribution in [0.1, 0.15) is 21.5 Å². The van der Waals surface area contributed by atoms with Crippen molar-refractivity contribution in [3.05, 3.63) is 53.1 Å². The van der Waals surface area contributed by atoms with Crippen LogP contribution in [0.15, 0.2) is 36.4 Å². The minimum absolute atomic E-state index is 0.100. The molecule has 0 bridgehead atoms. The molecule has 8 heteroatoms. The first-order valence-corrected chi connectivity index (χ1v) is 6.38. The molecular formula is C15H12F3NO4. The molecule has 0 aromatic heterocycles. The van der Waals surface area contributed by atoms with Crippen LogP contribution in [0.2, 0.25) is 0 Å². The molecule has 2 aromatic carbocycles. The van der Waals surface area contributed by atoms with Crippen LogP contribution < -0.4 is 5.32 Å². The highest BCUT2D eigenvalue weighted by Crippen LogP contribution is 2.32. The minimum atomic E-state index is -4.44. The van der Waals surface area contributed by atoms with Gasteiger partial charge in [-0.3, -0.25) is 4.79 Å². The van der Waals surface area contributed by atoms with Gasteiger partial charge < -0.3 is 20.6 Å². The lowest BCUT2D eigenvalue weighted by atomic mass is 10.1. The number of benzene rings is 2. The predicted molar refractivity (Wildman–Crippen MR) is 74.1 cm³/mol. The molecule has 23 heavy (non-hydrogen) atoms. The second-order valence-corrected chi connectivity index (χ2v) is 4.74. The molecule has 0 heterocycles. The zero-order valence-electron chi connectivity index (χ0n) is 11.6. The summed E-state index contributed by atoms with van der Waals surface area (Å²) in [6.07, 6.45) is -4.44. The normalized spacial score (nSPS) is 11.3. The maximum absolute atomic E-state index is 12.4. The summed E-state index contributed by atoms with van der Waals surface area (Å²) in [6.45, 7) is -0.100. The maximum Gasteiger partial charge on any atom is 0.416 e. The molecule has 0 radical (unpaired) electrons. The highest BCUT2D eigenvalue weighted by molar-refractivity contribution is 5.99. The van der Waals surface area contributed by atoms with E-state index < -0.39 is 40.5 Å². The van der Waals surface area contributed by atoms with Gasteiger partial charge in [-0.1, -0.05) is 12.1 Å². The Balaban J connectivity index is 2.08. The summed E-state index contributed by atoms with van der Waals surface area (Å²) in [5.41, 5.74) is -0.833. The van der Waals surface area contributed by atoms with Crippen molar-refractivity contribution in [1.82, 2.24) is 5.32 Å². The van der Waals surface area contributed by atoms with Crippen molar-refractivity contribution in [3.8, 4) is 17.2 Å². The van der Waals surface area contributed by atoms with Gasteiger partial charge >= 0.3 is 6.18 Å². The number of phenolic OH excluding ortho intramolecular Hbond substituents is 3. The van der Waals surface area contributed by atoms with E-state index in [-0.39, 0.29) is 6.54 Å². The second kappa shape index (κ2) is 6.07. The van der Waals surface area contributed by atoms with Crippen molar-refractivity contribution in [2.45, 2.75) is 12.7 Å². The van der Waals surface area contributed by atoms with Crippen molar-refractivity contribution >= 4 is 5.91 Å². The van der Waals surface area contributed by atoms with Gasteiger partial charge in [-0.05, 0) is 17.7 Å². The SMILES string of the molecule is O=C(NCc1ccc(C(F)(F)F)cc1)c1c(O)cc(O)cc1O. The molecule has 0 saturated heterocycles. The Kier molecular flexibility index (Phi) is 4.35. The van der Waals surface area contributed by atoms with E-state index in [1.807, 2.05) is 0 Å². The smallest absolute Gasteiger partial charge is 0.416 e. The number of hydrogen-bond acceptors (Lipinski definition) is 4. The Bertz CT molecular complexity index is 703. The third-order valence-electron chi connectivity index (χ3n) is 3.04. The summed E-state index contributed by atoms with van der Waals surface area (Å²) in [4.78, 5) is 11.9. The Morgan fingerprint density at radius 1 is 1.00 bits per heavy atom. The van der Waals surface area contributed by atoms with E-state index in [0.717, 1.165) is 24.3 Å². The lowest BCUT2D eigenvalue weighted by molar-refractivity contribution is -0.137. The van der Waals surface area contributed by atoms with Gasteiger partial charge in [0.1, 0.15) is 22.8 Å². The fourth-order valence-electron chi connectivity index (χ4n) is 1.91. The van der Waals surface area contributed by atoms with Crippen molar-refractivity contribution in [1.29, 1.82) is 0 Å². The number of hydrogen-bond donors (Lipinski definition) is 4. The van der Waals surface area contributed by atoms with E-state index in [2.05, 4.69) is 5.32 Å². The molecular weight excluding hydrogens is 315 g/mol. The Morgan fingerprint density at radius 2 is 1.52 bits per heavy atom. The molecule has 0 aliphatic heterocycles. The molecule has 5 nitrogen and oxygen atoms in total. The number of amides is 1. The van der Waals surface area contributed by atoms with Crippen LogP contribution in [-0.4, -0.2) is 21.2 Å². The number of rotatable bonds is 3. The number of alkyl halides is 3. The summed E-state index contributed by atoms with van der Waals surface area (Å²) < 4.78 is 37.3. The summed E-state index contributed by atoms with van der Waals surface area (Å²) in [7, 11) is 0. The van der Waals surface area contributed by atoms with Gasteiger partial charge in [-0.25, -0.2) is 0 Å². The lowest BCUT2D eigenvalue weighted by Gasteiger charge is -2.10. The molecule has 2 rings (SSSR count). The standard InChI is InChI=1S/C15H12F3NO4/c16-15(17,18)9-3-1-8(2-4-9)7-19-14(23)13-11(21)5-10(20)6-12(13)22/h1-6,20-22H,7H2,(H,19,23). The first-order valence-electron chi connectivity index (χ1n) is 6.38. The van der Waals surface area contributed by atoms with E-state index in [0.29, 0.717) is 5.56 Å². The minimum Gasteiger partial charge on any atom is -0.508 e. The first kappa shape index (κ1) is 16.5. The van der Waals surface area contributed by atoms with E-state index in [4.69, 9.17) is 5.11 Å². The van der Waals surface area contributed by atoms with Crippen molar-refractivity contribution in [3.63, 3.8) is 0 Å². The van der Waals surface area contributed by atoms with Gasteiger partial charge in [-0.15, -0.1) is 0 Å². The van der Waals surface area contributed by atoms with E-state index >= 15 is 0 Å².